The summed E-state index contributed by atoms with van der Waals surface area (Å²) < 4.78 is 5.35. The Morgan fingerprint density at radius 1 is 1.09 bits per heavy atom. The number of hydrogen-bond acceptors (Lipinski definition) is 5. The fraction of sp³-hybridized carbons (Fsp3) is 0.600. The second-order valence-electron chi connectivity index (χ2n) is 10.2. The van der Waals surface area contributed by atoms with Crippen molar-refractivity contribution < 1.29 is 19.1 Å². The highest BCUT2D eigenvalue weighted by atomic mass is 16.6. The molecule has 0 spiro atoms. The average Bonchev–Trinajstić information content (AvgIpc) is 2.68. The minimum absolute atomic E-state index is 0.256. The van der Waals surface area contributed by atoms with Crippen LogP contribution in [-0.2, 0) is 14.3 Å². The molecule has 0 bridgehead atoms. The number of carbonyl (C=O) groups is 3. The van der Waals surface area contributed by atoms with E-state index in [4.69, 9.17) is 4.74 Å². The first-order chi connectivity index (χ1) is 15.2. The van der Waals surface area contributed by atoms with Crippen LogP contribution < -0.4 is 10.6 Å². The number of nitrogens with zero attached hydrogens (tertiary/aromatic N) is 2. The molecule has 0 aliphatic heterocycles. The van der Waals surface area contributed by atoms with E-state index >= 15 is 0 Å². The summed E-state index contributed by atoms with van der Waals surface area (Å²) in [6.07, 6.45) is -0.134. The van der Waals surface area contributed by atoms with Crippen molar-refractivity contribution in [1.29, 1.82) is 5.26 Å². The smallest absolute Gasteiger partial charge is 0.408 e. The second kappa shape index (κ2) is 11.7. The third kappa shape index (κ3) is 9.13. The van der Waals surface area contributed by atoms with Gasteiger partial charge in [-0.2, -0.15) is 5.26 Å². The van der Waals surface area contributed by atoms with E-state index in [9.17, 15) is 19.6 Å². The number of carbonyl (C=O) groups excluding carboxylic acids is 3. The Morgan fingerprint density at radius 3 is 2.12 bits per heavy atom. The Bertz CT molecular complexity index is 850. The van der Waals surface area contributed by atoms with Crippen LogP contribution in [0.5, 0.6) is 0 Å². The van der Waals surface area contributed by atoms with Crippen molar-refractivity contribution in [3.05, 3.63) is 35.9 Å². The van der Waals surface area contributed by atoms with Crippen LogP contribution in [0.2, 0.25) is 0 Å². The van der Waals surface area contributed by atoms with Gasteiger partial charge in [-0.3, -0.25) is 9.59 Å². The number of rotatable bonds is 8. The van der Waals surface area contributed by atoms with Gasteiger partial charge >= 0.3 is 6.09 Å². The normalized spacial score (nSPS) is 14.3. The maximum absolute atomic E-state index is 13.7. The quantitative estimate of drug-likeness (QED) is 0.573. The van der Waals surface area contributed by atoms with Gasteiger partial charge in [0.1, 0.15) is 24.2 Å². The van der Waals surface area contributed by atoms with Crippen LogP contribution in [0.4, 0.5) is 4.79 Å². The van der Waals surface area contributed by atoms with E-state index in [1.165, 1.54) is 4.90 Å². The number of ether oxygens (including phenoxy) is 1. The molecule has 0 saturated heterocycles. The van der Waals surface area contributed by atoms with Gasteiger partial charge in [0.05, 0.1) is 6.07 Å². The maximum Gasteiger partial charge on any atom is 0.408 e. The Hall–Kier alpha value is -3.08. The first-order valence-electron chi connectivity index (χ1n) is 11.2. The standard InChI is InChI=1S/C25H38N4O4/c1-9-17(2)19(27-23(32)33-25(6,7)8)22(31)29(16-15-26)20(18-13-11-10-12-14-18)21(30)28-24(3,4)5/h10-14,17,19-20H,9,16H2,1-8H3,(H,27,32)(H,28,30). The molecule has 1 aromatic rings. The van der Waals surface area contributed by atoms with E-state index in [0.29, 0.717) is 12.0 Å². The number of nitrogens with one attached hydrogen (secondary N) is 2. The van der Waals surface area contributed by atoms with Gasteiger partial charge in [0.2, 0.25) is 11.8 Å². The summed E-state index contributed by atoms with van der Waals surface area (Å²) in [5.41, 5.74) is -0.711. The van der Waals surface area contributed by atoms with Crippen LogP contribution in [0, 0.1) is 17.2 Å². The molecule has 2 N–H and O–H groups in total. The summed E-state index contributed by atoms with van der Waals surface area (Å²) in [6.45, 7) is 14.1. The monoisotopic (exact) mass is 458 g/mol. The molecule has 1 rings (SSSR count). The average molecular weight is 459 g/mol. The van der Waals surface area contributed by atoms with Crippen molar-refractivity contribution in [2.24, 2.45) is 5.92 Å². The molecular formula is C25H38N4O4. The Morgan fingerprint density at radius 2 is 1.67 bits per heavy atom. The van der Waals surface area contributed by atoms with Crippen LogP contribution in [0.1, 0.15) is 73.4 Å². The summed E-state index contributed by atoms with van der Waals surface area (Å²) in [5.74, 6) is -1.18. The molecule has 1 aromatic carbocycles. The van der Waals surface area contributed by atoms with Crippen molar-refractivity contribution in [2.45, 2.75) is 85.0 Å². The minimum Gasteiger partial charge on any atom is -0.444 e. The molecular weight excluding hydrogens is 420 g/mol. The van der Waals surface area contributed by atoms with Gasteiger partial charge in [-0.1, -0.05) is 50.6 Å². The topological polar surface area (TPSA) is 112 Å². The van der Waals surface area contributed by atoms with E-state index in [1.54, 1.807) is 45.0 Å². The molecule has 0 aliphatic rings. The molecule has 0 saturated carbocycles. The highest BCUT2D eigenvalue weighted by Crippen LogP contribution is 2.25. The van der Waals surface area contributed by atoms with Crippen LogP contribution in [0.15, 0.2) is 30.3 Å². The van der Waals surface area contributed by atoms with Gasteiger partial charge in [0.15, 0.2) is 0 Å². The Labute approximate surface area is 197 Å². The van der Waals surface area contributed by atoms with Crippen LogP contribution in [0.3, 0.4) is 0 Å². The fourth-order valence-corrected chi connectivity index (χ4v) is 3.22. The molecule has 182 valence electrons. The molecule has 3 unspecified atom stereocenters. The van der Waals surface area contributed by atoms with Crippen molar-refractivity contribution in [2.75, 3.05) is 6.54 Å². The zero-order valence-corrected chi connectivity index (χ0v) is 21.1. The molecule has 8 heteroatoms. The molecule has 0 aromatic heterocycles. The minimum atomic E-state index is -1.04. The summed E-state index contributed by atoms with van der Waals surface area (Å²) in [6, 6.07) is 8.83. The van der Waals surface area contributed by atoms with E-state index in [0.717, 1.165) is 0 Å². The van der Waals surface area contributed by atoms with E-state index in [-0.39, 0.29) is 12.5 Å². The van der Waals surface area contributed by atoms with Gasteiger partial charge < -0.3 is 20.3 Å². The zero-order valence-electron chi connectivity index (χ0n) is 21.1. The second-order valence-corrected chi connectivity index (χ2v) is 10.2. The van der Waals surface area contributed by atoms with Crippen molar-refractivity contribution in [3.63, 3.8) is 0 Å². The van der Waals surface area contributed by atoms with Crippen molar-refractivity contribution >= 4 is 17.9 Å². The fourth-order valence-electron chi connectivity index (χ4n) is 3.22. The third-order valence-corrected chi connectivity index (χ3v) is 4.85. The number of alkyl carbamates (subject to hydrolysis) is 1. The number of amides is 3. The number of hydrogen-bond donors (Lipinski definition) is 2. The van der Waals surface area contributed by atoms with Gasteiger partial charge in [-0.15, -0.1) is 0 Å². The van der Waals surface area contributed by atoms with Crippen LogP contribution in [-0.4, -0.2) is 46.5 Å². The van der Waals surface area contributed by atoms with Gasteiger partial charge in [-0.05, 0) is 53.0 Å². The van der Waals surface area contributed by atoms with Crippen molar-refractivity contribution in [3.8, 4) is 6.07 Å². The maximum atomic E-state index is 13.7. The van der Waals surface area contributed by atoms with E-state index in [2.05, 4.69) is 10.6 Å². The lowest BCUT2D eigenvalue weighted by Gasteiger charge is -2.36. The number of nitriles is 1. The Balaban J connectivity index is 3.43. The lowest BCUT2D eigenvalue weighted by Crippen LogP contribution is -2.56. The van der Waals surface area contributed by atoms with E-state index in [1.807, 2.05) is 46.8 Å². The molecule has 3 atom stereocenters. The van der Waals surface area contributed by atoms with Crippen molar-refractivity contribution in [1.82, 2.24) is 15.5 Å². The van der Waals surface area contributed by atoms with Crippen LogP contribution in [0.25, 0.3) is 0 Å². The molecule has 0 heterocycles. The third-order valence-electron chi connectivity index (χ3n) is 4.85. The number of benzene rings is 1. The lowest BCUT2D eigenvalue weighted by molar-refractivity contribution is -0.143. The highest BCUT2D eigenvalue weighted by Gasteiger charge is 2.38. The summed E-state index contributed by atoms with van der Waals surface area (Å²) in [7, 11) is 0. The van der Waals surface area contributed by atoms with Gasteiger partial charge in [-0.25, -0.2) is 4.79 Å². The van der Waals surface area contributed by atoms with Gasteiger partial charge in [0.25, 0.3) is 0 Å². The zero-order chi connectivity index (χ0) is 25.4. The summed E-state index contributed by atoms with van der Waals surface area (Å²) in [4.78, 5) is 40.8. The highest BCUT2D eigenvalue weighted by molar-refractivity contribution is 5.92. The predicted molar refractivity (Wildman–Crippen MR) is 127 cm³/mol. The molecule has 0 aliphatic carbocycles. The van der Waals surface area contributed by atoms with E-state index < -0.39 is 41.1 Å². The molecule has 33 heavy (non-hydrogen) atoms. The van der Waals surface area contributed by atoms with Crippen LogP contribution >= 0.6 is 0 Å². The first-order valence-corrected chi connectivity index (χ1v) is 11.2. The largest absolute Gasteiger partial charge is 0.444 e. The lowest BCUT2D eigenvalue weighted by atomic mass is 9.95. The SMILES string of the molecule is CCC(C)C(NC(=O)OC(C)(C)C)C(=O)N(CC#N)C(C(=O)NC(C)(C)C)c1ccccc1. The Kier molecular flexibility index (Phi) is 9.90. The first kappa shape index (κ1) is 28.0. The summed E-state index contributed by atoms with van der Waals surface area (Å²) in [5, 5.41) is 15.1. The summed E-state index contributed by atoms with van der Waals surface area (Å²) >= 11 is 0. The van der Waals surface area contributed by atoms with Gasteiger partial charge in [0, 0.05) is 5.54 Å². The molecule has 3 amide bonds. The molecule has 8 nitrogen and oxygen atoms in total. The predicted octanol–water partition coefficient (Wildman–Crippen LogP) is 3.93. The molecule has 0 fully saturated rings. The molecule has 0 radical (unpaired) electrons.